The van der Waals surface area contributed by atoms with E-state index in [9.17, 15) is 8.78 Å². The first kappa shape index (κ1) is 13.5. The fraction of sp³-hybridized carbons (Fsp3) is 0.0714. The van der Waals surface area contributed by atoms with Crippen molar-refractivity contribution in [1.29, 1.82) is 5.26 Å². The third kappa shape index (κ3) is 3.30. The Morgan fingerprint density at radius 2 is 1.79 bits per heavy atom. The van der Waals surface area contributed by atoms with E-state index in [2.05, 4.69) is 27.3 Å². The summed E-state index contributed by atoms with van der Waals surface area (Å²) >= 11 is 3.08. The highest BCUT2D eigenvalue weighted by molar-refractivity contribution is 9.10. The lowest BCUT2D eigenvalue weighted by Crippen LogP contribution is -2.08. The first-order valence-electron chi connectivity index (χ1n) is 5.47. The molecule has 2 aromatic carbocycles. The van der Waals surface area contributed by atoms with Crippen LogP contribution in [0, 0.1) is 23.0 Å². The molecule has 2 nitrogen and oxygen atoms in total. The molecule has 0 aromatic heterocycles. The first-order chi connectivity index (χ1) is 9.10. The minimum atomic E-state index is -0.637. The summed E-state index contributed by atoms with van der Waals surface area (Å²) < 4.78 is 26.2. The minimum Gasteiger partial charge on any atom is -0.366 e. The van der Waals surface area contributed by atoms with Crippen LogP contribution in [-0.4, -0.2) is 0 Å². The lowest BCUT2D eigenvalue weighted by Gasteiger charge is -2.13. The number of halogens is 3. The minimum absolute atomic E-state index is 0.297. The van der Waals surface area contributed by atoms with Gasteiger partial charge in [-0.05, 0) is 57.9 Å². The van der Waals surface area contributed by atoms with Crippen molar-refractivity contribution in [3.8, 4) is 6.07 Å². The molecule has 0 heterocycles. The zero-order valence-corrected chi connectivity index (χ0v) is 11.3. The van der Waals surface area contributed by atoms with Crippen molar-refractivity contribution in [1.82, 2.24) is 0 Å². The average molecular weight is 323 g/mol. The van der Waals surface area contributed by atoms with Crippen molar-refractivity contribution in [2.75, 3.05) is 5.32 Å². The molecule has 0 saturated carbocycles. The Bertz CT molecular complexity index is 620. The molecule has 0 spiro atoms. The summed E-state index contributed by atoms with van der Waals surface area (Å²) in [6, 6.07) is 11.5. The fourth-order valence-electron chi connectivity index (χ4n) is 1.59. The SMILES string of the molecule is N#CC(Nc1ccc(F)cc1)c1ccc(F)c(Br)c1. The van der Waals surface area contributed by atoms with Crippen molar-refractivity contribution in [3.05, 3.63) is 64.1 Å². The molecular formula is C14H9BrF2N2. The topological polar surface area (TPSA) is 35.8 Å². The molecule has 1 atom stereocenters. The number of rotatable bonds is 3. The maximum Gasteiger partial charge on any atom is 0.140 e. The summed E-state index contributed by atoms with van der Waals surface area (Å²) in [6.07, 6.45) is 0. The van der Waals surface area contributed by atoms with Crippen LogP contribution < -0.4 is 5.32 Å². The number of anilines is 1. The van der Waals surface area contributed by atoms with Crippen LogP contribution in [0.25, 0.3) is 0 Å². The van der Waals surface area contributed by atoms with Gasteiger partial charge < -0.3 is 5.32 Å². The van der Waals surface area contributed by atoms with Gasteiger partial charge in [0.15, 0.2) is 0 Å². The Morgan fingerprint density at radius 3 is 2.37 bits per heavy atom. The number of nitrogens with one attached hydrogen (secondary N) is 1. The molecule has 0 aliphatic heterocycles. The first-order valence-corrected chi connectivity index (χ1v) is 6.26. The van der Waals surface area contributed by atoms with Gasteiger partial charge in [-0.1, -0.05) is 6.07 Å². The van der Waals surface area contributed by atoms with Crippen molar-refractivity contribution in [2.45, 2.75) is 6.04 Å². The van der Waals surface area contributed by atoms with E-state index >= 15 is 0 Å². The second-order valence-electron chi connectivity index (χ2n) is 3.89. The molecular weight excluding hydrogens is 314 g/mol. The monoisotopic (exact) mass is 322 g/mol. The molecule has 19 heavy (non-hydrogen) atoms. The molecule has 0 radical (unpaired) electrons. The molecule has 0 aliphatic rings. The number of nitriles is 1. The average Bonchev–Trinajstić information content (AvgIpc) is 2.41. The van der Waals surface area contributed by atoms with E-state index < -0.39 is 6.04 Å². The zero-order valence-electron chi connectivity index (χ0n) is 9.70. The van der Waals surface area contributed by atoms with Crippen LogP contribution in [0.3, 0.4) is 0 Å². The number of benzene rings is 2. The summed E-state index contributed by atoms with van der Waals surface area (Å²) in [6.45, 7) is 0. The third-order valence-electron chi connectivity index (χ3n) is 2.56. The van der Waals surface area contributed by atoms with E-state index in [-0.39, 0.29) is 11.6 Å². The highest BCUT2D eigenvalue weighted by atomic mass is 79.9. The Hall–Kier alpha value is -1.93. The molecule has 2 rings (SSSR count). The van der Waals surface area contributed by atoms with E-state index in [0.29, 0.717) is 15.7 Å². The van der Waals surface area contributed by atoms with E-state index in [0.717, 1.165) is 0 Å². The van der Waals surface area contributed by atoms with Crippen molar-refractivity contribution in [3.63, 3.8) is 0 Å². The fourth-order valence-corrected chi connectivity index (χ4v) is 1.99. The van der Waals surface area contributed by atoms with Gasteiger partial charge in [-0.25, -0.2) is 8.78 Å². The Morgan fingerprint density at radius 1 is 1.11 bits per heavy atom. The molecule has 0 amide bonds. The predicted octanol–water partition coefficient (Wildman–Crippen LogP) is 4.40. The van der Waals surface area contributed by atoms with E-state index in [1.54, 1.807) is 6.07 Å². The lowest BCUT2D eigenvalue weighted by atomic mass is 10.1. The molecule has 2 aromatic rings. The Labute approximate surface area is 117 Å². The molecule has 5 heteroatoms. The highest BCUT2D eigenvalue weighted by Crippen LogP contribution is 2.24. The molecule has 0 fully saturated rings. The van der Waals surface area contributed by atoms with Gasteiger partial charge in [-0.15, -0.1) is 0 Å². The predicted molar refractivity (Wildman–Crippen MR) is 72.5 cm³/mol. The van der Waals surface area contributed by atoms with Gasteiger partial charge in [0.2, 0.25) is 0 Å². The zero-order chi connectivity index (χ0) is 13.8. The van der Waals surface area contributed by atoms with Crippen molar-refractivity contribution in [2.24, 2.45) is 0 Å². The number of nitrogens with zero attached hydrogens (tertiary/aromatic N) is 1. The van der Waals surface area contributed by atoms with Crippen molar-refractivity contribution >= 4 is 21.6 Å². The van der Waals surface area contributed by atoms with Crippen LogP contribution in [0.1, 0.15) is 11.6 Å². The van der Waals surface area contributed by atoms with Crippen molar-refractivity contribution < 1.29 is 8.78 Å². The Balaban J connectivity index is 2.23. The van der Waals surface area contributed by atoms with Crippen LogP contribution in [0.15, 0.2) is 46.9 Å². The van der Waals surface area contributed by atoms with E-state index in [4.69, 9.17) is 5.26 Å². The summed E-state index contributed by atoms with van der Waals surface area (Å²) in [7, 11) is 0. The van der Waals surface area contributed by atoms with Crippen LogP contribution in [-0.2, 0) is 0 Å². The van der Waals surface area contributed by atoms with Crippen LogP contribution >= 0.6 is 15.9 Å². The maximum atomic E-state index is 13.1. The molecule has 0 bridgehead atoms. The number of hydrogen-bond donors (Lipinski definition) is 1. The second kappa shape index (κ2) is 5.81. The molecule has 1 unspecified atom stereocenters. The van der Waals surface area contributed by atoms with Gasteiger partial charge >= 0.3 is 0 Å². The summed E-state index contributed by atoms with van der Waals surface area (Å²) in [5.74, 6) is -0.731. The number of hydrogen-bond acceptors (Lipinski definition) is 2. The molecule has 96 valence electrons. The summed E-state index contributed by atoms with van der Waals surface area (Å²) in [5.41, 5.74) is 1.24. The van der Waals surface area contributed by atoms with Crippen LogP contribution in [0.2, 0.25) is 0 Å². The largest absolute Gasteiger partial charge is 0.366 e. The molecule has 1 N–H and O–H groups in total. The maximum absolute atomic E-state index is 13.1. The highest BCUT2D eigenvalue weighted by Gasteiger charge is 2.12. The van der Waals surface area contributed by atoms with Gasteiger partial charge in [-0.3, -0.25) is 0 Å². The van der Waals surface area contributed by atoms with Gasteiger partial charge in [0.05, 0.1) is 10.5 Å². The van der Waals surface area contributed by atoms with E-state index in [1.165, 1.54) is 36.4 Å². The standard InChI is InChI=1S/C14H9BrF2N2/c15-12-7-9(1-6-13(12)17)14(8-18)19-11-4-2-10(16)3-5-11/h1-7,14,19H. The molecule has 0 aliphatic carbocycles. The van der Waals surface area contributed by atoms with Crippen LogP contribution in [0.4, 0.5) is 14.5 Å². The lowest BCUT2D eigenvalue weighted by molar-refractivity contribution is 0.620. The third-order valence-corrected chi connectivity index (χ3v) is 3.17. The van der Waals surface area contributed by atoms with Gasteiger partial charge in [0.1, 0.15) is 17.7 Å². The normalized spacial score (nSPS) is 11.7. The smallest absolute Gasteiger partial charge is 0.140 e. The van der Waals surface area contributed by atoms with E-state index in [1.807, 2.05) is 0 Å². The molecule has 0 saturated heterocycles. The van der Waals surface area contributed by atoms with Gasteiger partial charge in [0, 0.05) is 5.69 Å². The van der Waals surface area contributed by atoms with Crippen LogP contribution in [0.5, 0.6) is 0 Å². The van der Waals surface area contributed by atoms with Gasteiger partial charge in [-0.2, -0.15) is 5.26 Å². The second-order valence-corrected chi connectivity index (χ2v) is 4.74. The van der Waals surface area contributed by atoms with Gasteiger partial charge in [0.25, 0.3) is 0 Å². The summed E-state index contributed by atoms with van der Waals surface area (Å²) in [4.78, 5) is 0. The quantitative estimate of drug-likeness (QED) is 0.908. The summed E-state index contributed by atoms with van der Waals surface area (Å²) in [5, 5.41) is 12.1. The Kier molecular flexibility index (Phi) is 4.13.